The molecule has 0 unspecified atom stereocenters. The molecular formula is C25H21Cl2NO3. The van der Waals surface area contributed by atoms with E-state index in [1.807, 2.05) is 55.6 Å². The minimum absolute atomic E-state index is 0.215. The predicted molar refractivity (Wildman–Crippen MR) is 124 cm³/mol. The molecule has 0 atom stereocenters. The van der Waals surface area contributed by atoms with Crippen LogP contribution in [0.3, 0.4) is 0 Å². The van der Waals surface area contributed by atoms with E-state index in [0.29, 0.717) is 34.7 Å². The lowest BCUT2D eigenvalue weighted by Gasteiger charge is -2.09. The molecule has 3 aromatic carbocycles. The molecule has 0 saturated heterocycles. The fourth-order valence-electron chi connectivity index (χ4n) is 3.55. The van der Waals surface area contributed by atoms with E-state index in [0.717, 1.165) is 22.0 Å². The number of carbonyl (C=O) groups excluding carboxylic acids is 1. The van der Waals surface area contributed by atoms with Crippen molar-refractivity contribution in [1.82, 2.24) is 4.57 Å². The van der Waals surface area contributed by atoms with Crippen LogP contribution in [0.25, 0.3) is 10.9 Å². The Morgan fingerprint density at radius 2 is 1.65 bits per heavy atom. The second-order valence-corrected chi connectivity index (χ2v) is 8.01. The molecule has 0 fully saturated rings. The monoisotopic (exact) mass is 453 g/mol. The van der Waals surface area contributed by atoms with Gasteiger partial charge in [0.15, 0.2) is 0 Å². The van der Waals surface area contributed by atoms with Crippen LogP contribution in [-0.2, 0) is 22.5 Å². The van der Waals surface area contributed by atoms with Crippen molar-refractivity contribution in [2.24, 2.45) is 0 Å². The van der Waals surface area contributed by atoms with Gasteiger partial charge in [0, 0.05) is 33.7 Å². The van der Waals surface area contributed by atoms with Gasteiger partial charge in [-0.3, -0.25) is 4.79 Å². The zero-order valence-electron chi connectivity index (χ0n) is 17.0. The fraction of sp³-hybridized carbons (Fsp3) is 0.160. The zero-order chi connectivity index (χ0) is 21.8. The van der Waals surface area contributed by atoms with Gasteiger partial charge < -0.3 is 14.0 Å². The lowest BCUT2D eigenvalue weighted by Crippen LogP contribution is -2.07. The number of aromatic nitrogens is 1. The summed E-state index contributed by atoms with van der Waals surface area (Å²) in [6.45, 7) is 2.87. The molecule has 1 heterocycles. The molecule has 31 heavy (non-hydrogen) atoms. The summed E-state index contributed by atoms with van der Waals surface area (Å²) in [6.07, 6.45) is 2.29. The molecule has 0 spiro atoms. The predicted octanol–water partition coefficient (Wildman–Crippen LogP) is 6.89. The van der Waals surface area contributed by atoms with Gasteiger partial charge in [-0.15, -0.1) is 0 Å². The summed E-state index contributed by atoms with van der Waals surface area (Å²) in [5, 5.41) is 2.11. The maximum absolute atomic E-state index is 12.0. The summed E-state index contributed by atoms with van der Waals surface area (Å²) >= 11 is 12.1. The number of nitrogens with zero attached hydrogens (tertiary/aromatic N) is 1. The van der Waals surface area contributed by atoms with Crippen molar-refractivity contribution in [3.8, 4) is 11.5 Å². The lowest BCUT2D eigenvalue weighted by molar-refractivity contribution is -0.142. The van der Waals surface area contributed by atoms with Gasteiger partial charge in [-0.25, -0.2) is 0 Å². The summed E-state index contributed by atoms with van der Waals surface area (Å²) < 4.78 is 13.1. The molecule has 6 heteroatoms. The number of benzene rings is 3. The van der Waals surface area contributed by atoms with Crippen LogP contribution < -0.4 is 4.74 Å². The first-order valence-electron chi connectivity index (χ1n) is 9.97. The summed E-state index contributed by atoms with van der Waals surface area (Å²) in [7, 11) is 0. The zero-order valence-corrected chi connectivity index (χ0v) is 18.5. The molecule has 0 N–H and O–H groups in total. The third-order valence-electron chi connectivity index (χ3n) is 4.86. The van der Waals surface area contributed by atoms with Crippen LogP contribution >= 0.6 is 23.2 Å². The van der Waals surface area contributed by atoms with E-state index in [-0.39, 0.29) is 12.4 Å². The van der Waals surface area contributed by atoms with E-state index in [1.54, 1.807) is 18.2 Å². The van der Waals surface area contributed by atoms with Crippen molar-refractivity contribution in [2.45, 2.75) is 19.9 Å². The van der Waals surface area contributed by atoms with Crippen LogP contribution in [0.5, 0.6) is 11.5 Å². The highest BCUT2D eigenvalue weighted by atomic mass is 35.5. The molecule has 0 aliphatic rings. The van der Waals surface area contributed by atoms with E-state index < -0.39 is 0 Å². The van der Waals surface area contributed by atoms with Crippen molar-refractivity contribution in [3.05, 3.63) is 94.1 Å². The van der Waals surface area contributed by atoms with Crippen LogP contribution in [0.15, 0.2) is 72.9 Å². The minimum atomic E-state index is -0.215. The van der Waals surface area contributed by atoms with E-state index >= 15 is 0 Å². The van der Waals surface area contributed by atoms with Crippen LogP contribution in [0.2, 0.25) is 10.0 Å². The summed E-state index contributed by atoms with van der Waals surface area (Å²) in [6, 6.07) is 21.0. The van der Waals surface area contributed by atoms with Gasteiger partial charge in [0.05, 0.1) is 13.0 Å². The fourth-order valence-corrected chi connectivity index (χ4v) is 4.05. The summed E-state index contributed by atoms with van der Waals surface area (Å²) in [5.74, 6) is 1.07. The smallest absolute Gasteiger partial charge is 0.310 e. The minimum Gasteiger partial charge on any atom is -0.466 e. The van der Waals surface area contributed by atoms with Gasteiger partial charge in [0.2, 0.25) is 0 Å². The van der Waals surface area contributed by atoms with Gasteiger partial charge in [-0.2, -0.15) is 0 Å². The number of ether oxygens (including phenoxy) is 2. The van der Waals surface area contributed by atoms with Crippen molar-refractivity contribution in [1.29, 1.82) is 0 Å². The molecular weight excluding hydrogens is 433 g/mol. The van der Waals surface area contributed by atoms with Gasteiger partial charge in [0.1, 0.15) is 11.5 Å². The Morgan fingerprint density at radius 1 is 0.935 bits per heavy atom. The molecule has 1 aromatic heterocycles. The molecule has 0 saturated carbocycles. The van der Waals surface area contributed by atoms with Crippen molar-refractivity contribution >= 4 is 40.1 Å². The third kappa shape index (κ3) is 5.22. The molecule has 0 amide bonds. The second kappa shape index (κ2) is 9.46. The van der Waals surface area contributed by atoms with Gasteiger partial charge >= 0.3 is 5.97 Å². The third-order valence-corrected chi connectivity index (χ3v) is 5.30. The second-order valence-electron chi connectivity index (χ2n) is 7.13. The number of hydrogen-bond acceptors (Lipinski definition) is 3. The lowest BCUT2D eigenvalue weighted by atomic mass is 10.1. The summed E-state index contributed by atoms with van der Waals surface area (Å²) in [4.78, 5) is 12.0. The van der Waals surface area contributed by atoms with Crippen LogP contribution in [-0.4, -0.2) is 17.1 Å². The number of esters is 1. The van der Waals surface area contributed by atoms with Crippen LogP contribution in [0.1, 0.15) is 18.1 Å². The number of halogens is 2. The first-order chi connectivity index (χ1) is 15.0. The van der Waals surface area contributed by atoms with E-state index in [1.165, 1.54) is 0 Å². The average molecular weight is 454 g/mol. The number of fused-ring (bicyclic) bond motifs is 1. The molecule has 0 bridgehead atoms. The number of hydrogen-bond donors (Lipinski definition) is 0. The first-order valence-corrected chi connectivity index (χ1v) is 10.7. The molecule has 4 aromatic rings. The molecule has 0 aliphatic carbocycles. The van der Waals surface area contributed by atoms with Crippen molar-refractivity contribution in [2.75, 3.05) is 6.61 Å². The van der Waals surface area contributed by atoms with Crippen LogP contribution in [0.4, 0.5) is 0 Å². The summed E-state index contributed by atoms with van der Waals surface area (Å²) in [5.41, 5.74) is 3.16. The molecule has 0 aliphatic heterocycles. The molecule has 0 radical (unpaired) electrons. The largest absolute Gasteiger partial charge is 0.466 e. The maximum Gasteiger partial charge on any atom is 0.310 e. The first kappa shape index (κ1) is 21.3. The Bertz CT molecular complexity index is 1200. The Kier molecular flexibility index (Phi) is 6.50. The quantitative estimate of drug-likeness (QED) is 0.286. The van der Waals surface area contributed by atoms with Gasteiger partial charge in [-0.05, 0) is 54.4 Å². The Balaban J connectivity index is 1.53. The Labute approximate surface area is 190 Å². The molecule has 158 valence electrons. The van der Waals surface area contributed by atoms with E-state index in [2.05, 4.69) is 10.6 Å². The maximum atomic E-state index is 12.0. The molecule has 4 nitrogen and oxygen atoms in total. The number of rotatable bonds is 7. The van der Waals surface area contributed by atoms with Gasteiger partial charge in [-0.1, -0.05) is 53.5 Å². The number of para-hydroxylation sites is 1. The topological polar surface area (TPSA) is 40.5 Å². The SMILES string of the molecule is CCOC(=O)Cc1cn(Cc2ccc(Oc3cc(Cl)cc(Cl)c3)cc2)c2ccccc12. The standard InChI is InChI=1S/C25H21Cl2NO3/c1-2-30-25(29)11-18-16-28(24-6-4-3-5-23(18)24)15-17-7-9-21(10-8-17)31-22-13-19(26)12-20(27)14-22/h3-10,12-14,16H,2,11,15H2,1H3. The normalized spacial score (nSPS) is 10.9. The van der Waals surface area contributed by atoms with Crippen LogP contribution in [0, 0.1) is 0 Å². The van der Waals surface area contributed by atoms with E-state index in [9.17, 15) is 4.79 Å². The van der Waals surface area contributed by atoms with Crippen molar-refractivity contribution in [3.63, 3.8) is 0 Å². The highest BCUT2D eigenvalue weighted by Gasteiger charge is 2.13. The van der Waals surface area contributed by atoms with Crippen molar-refractivity contribution < 1.29 is 14.3 Å². The highest BCUT2D eigenvalue weighted by Crippen LogP contribution is 2.29. The highest BCUT2D eigenvalue weighted by molar-refractivity contribution is 6.34. The van der Waals surface area contributed by atoms with Gasteiger partial charge in [0.25, 0.3) is 0 Å². The Morgan fingerprint density at radius 3 is 2.35 bits per heavy atom. The van der Waals surface area contributed by atoms with E-state index in [4.69, 9.17) is 32.7 Å². The Hall–Kier alpha value is -2.95. The average Bonchev–Trinajstić information content (AvgIpc) is 3.06. The number of carbonyl (C=O) groups is 1. The molecule has 4 rings (SSSR count).